The zero-order valence-corrected chi connectivity index (χ0v) is 10.1. The van der Waals surface area contributed by atoms with E-state index < -0.39 is 0 Å². The van der Waals surface area contributed by atoms with E-state index in [1.54, 1.807) is 11.3 Å². The second-order valence-electron chi connectivity index (χ2n) is 4.41. The molecule has 0 saturated carbocycles. The average Bonchev–Trinajstić information content (AvgIpc) is 2.85. The smallest absolute Gasteiger partial charge is 0.182 e. The van der Waals surface area contributed by atoms with Gasteiger partial charge in [-0.25, -0.2) is 4.98 Å². The zero-order valence-electron chi connectivity index (χ0n) is 9.32. The summed E-state index contributed by atoms with van der Waals surface area (Å²) >= 11 is 1.70. The largest absolute Gasteiger partial charge is 0.381 e. The number of ether oxygens (including phenoxy) is 1. The van der Waals surface area contributed by atoms with Crippen molar-refractivity contribution in [3.8, 4) is 0 Å². The number of thiazole rings is 1. The number of nitrogens with zero attached hydrogens (tertiary/aromatic N) is 1. The highest BCUT2D eigenvalue weighted by Crippen LogP contribution is 2.28. The van der Waals surface area contributed by atoms with Crippen LogP contribution in [-0.2, 0) is 4.74 Å². The SMILES string of the molecule is CC(C)CNc1nc(C2CCOC2)cs1. The molecule has 0 bridgehead atoms. The summed E-state index contributed by atoms with van der Waals surface area (Å²) in [6.45, 7) is 7.12. The molecule has 2 rings (SSSR count). The van der Waals surface area contributed by atoms with Gasteiger partial charge in [0.2, 0.25) is 0 Å². The third-order valence-corrected chi connectivity index (χ3v) is 3.35. The van der Waals surface area contributed by atoms with Gasteiger partial charge in [0.1, 0.15) is 0 Å². The van der Waals surface area contributed by atoms with Gasteiger partial charge in [-0.1, -0.05) is 13.8 Å². The summed E-state index contributed by atoms with van der Waals surface area (Å²) in [6, 6.07) is 0. The maximum atomic E-state index is 5.36. The summed E-state index contributed by atoms with van der Waals surface area (Å²) in [5.74, 6) is 1.18. The fourth-order valence-electron chi connectivity index (χ4n) is 1.61. The molecule has 1 unspecified atom stereocenters. The van der Waals surface area contributed by atoms with Gasteiger partial charge in [0.05, 0.1) is 12.3 Å². The van der Waals surface area contributed by atoms with Crippen LogP contribution in [0.25, 0.3) is 0 Å². The van der Waals surface area contributed by atoms with Gasteiger partial charge in [-0.05, 0) is 12.3 Å². The van der Waals surface area contributed by atoms with Crippen molar-refractivity contribution in [2.45, 2.75) is 26.2 Å². The first kappa shape index (κ1) is 10.9. The number of anilines is 1. The molecule has 0 aliphatic carbocycles. The van der Waals surface area contributed by atoms with Crippen LogP contribution in [0.3, 0.4) is 0 Å². The minimum atomic E-state index is 0.524. The minimum Gasteiger partial charge on any atom is -0.381 e. The van der Waals surface area contributed by atoms with E-state index in [1.807, 2.05) is 0 Å². The van der Waals surface area contributed by atoms with Crippen molar-refractivity contribution in [2.75, 3.05) is 25.1 Å². The Labute approximate surface area is 94.9 Å². The predicted molar refractivity (Wildman–Crippen MR) is 63.6 cm³/mol. The van der Waals surface area contributed by atoms with Crippen molar-refractivity contribution >= 4 is 16.5 Å². The van der Waals surface area contributed by atoms with Crippen LogP contribution in [0.5, 0.6) is 0 Å². The topological polar surface area (TPSA) is 34.2 Å². The lowest BCUT2D eigenvalue weighted by molar-refractivity contribution is 0.193. The highest BCUT2D eigenvalue weighted by molar-refractivity contribution is 7.13. The number of hydrogen-bond acceptors (Lipinski definition) is 4. The number of rotatable bonds is 4. The van der Waals surface area contributed by atoms with Crippen molar-refractivity contribution in [3.63, 3.8) is 0 Å². The molecule has 1 aromatic heterocycles. The van der Waals surface area contributed by atoms with Gasteiger partial charge < -0.3 is 10.1 Å². The Morgan fingerprint density at radius 1 is 1.67 bits per heavy atom. The van der Waals surface area contributed by atoms with Gasteiger partial charge in [0.25, 0.3) is 0 Å². The molecule has 1 aliphatic rings. The molecule has 0 aromatic carbocycles. The summed E-state index contributed by atoms with van der Waals surface area (Å²) in [5.41, 5.74) is 1.20. The fraction of sp³-hybridized carbons (Fsp3) is 0.727. The molecule has 0 spiro atoms. The molecule has 1 fully saturated rings. The van der Waals surface area contributed by atoms with Gasteiger partial charge in [-0.2, -0.15) is 0 Å². The molecule has 15 heavy (non-hydrogen) atoms. The minimum absolute atomic E-state index is 0.524. The quantitative estimate of drug-likeness (QED) is 0.857. The van der Waals surface area contributed by atoms with Gasteiger partial charge >= 0.3 is 0 Å². The van der Waals surface area contributed by atoms with E-state index in [4.69, 9.17) is 4.74 Å². The van der Waals surface area contributed by atoms with Crippen molar-refractivity contribution in [3.05, 3.63) is 11.1 Å². The Balaban J connectivity index is 1.91. The van der Waals surface area contributed by atoms with Crippen LogP contribution in [0.4, 0.5) is 5.13 Å². The van der Waals surface area contributed by atoms with Crippen molar-refractivity contribution < 1.29 is 4.74 Å². The van der Waals surface area contributed by atoms with E-state index in [2.05, 4.69) is 29.5 Å². The van der Waals surface area contributed by atoms with Gasteiger partial charge in [-0.15, -0.1) is 11.3 Å². The molecular formula is C11H18N2OS. The van der Waals surface area contributed by atoms with E-state index in [0.29, 0.717) is 11.8 Å². The zero-order chi connectivity index (χ0) is 10.7. The predicted octanol–water partition coefficient (Wildman–Crippen LogP) is 2.71. The third-order valence-electron chi connectivity index (χ3n) is 2.53. The molecule has 84 valence electrons. The van der Waals surface area contributed by atoms with E-state index in [0.717, 1.165) is 31.3 Å². The van der Waals surface area contributed by atoms with E-state index >= 15 is 0 Å². The molecule has 0 radical (unpaired) electrons. The van der Waals surface area contributed by atoms with E-state index in [9.17, 15) is 0 Å². The highest BCUT2D eigenvalue weighted by Gasteiger charge is 2.20. The summed E-state index contributed by atoms with van der Waals surface area (Å²) in [6.07, 6.45) is 1.12. The summed E-state index contributed by atoms with van der Waals surface area (Å²) in [4.78, 5) is 4.59. The molecular weight excluding hydrogens is 208 g/mol. The third kappa shape index (κ3) is 2.92. The van der Waals surface area contributed by atoms with E-state index in [-0.39, 0.29) is 0 Å². The Morgan fingerprint density at radius 3 is 3.20 bits per heavy atom. The van der Waals surface area contributed by atoms with Crippen LogP contribution in [0.2, 0.25) is 0 Å². The van der Waals surface area contributed by atoms with Crippen LogP contribution in [0.15, 0.2) is 5.38 Å². The monoisotopic (exact) mass is 226 g/mol. The lowest BCUT2D eigenvalue weighted by Crippen LogP contribution is -2.08. The number of hydrogen-bond donors (Lipinski definition) is 1. The molecule has 1 aliphatic heterocycles. The first-order chi connectivity index (χ1) is 7.25. The second kappa shape index (κ2) is 4.94. The lowest BCUT2D eigenvalue weighted by Gasteiger charge is -2.05. The summed E-state index contributed by atoms with van der Waals surface area (Å²) in [7, 11) is 0. The molecule has 1 N–H and O–H groups in total. The standard InChI is InChI=1S/C11H18N2OS/c1-8(2)5-12-11-13-10(7-15-11)9-3-4-14-6-9/h7-9H,3-6H2,1-2H3,(H,12,13). The fourth-order valence-corrected chi connectivity index (χ4v) is 2.42. The Bertz CT molecular complexity index is 305. The Morgan fingerprint density at radius 2 is 2.53 bits per heavy atom. The van der Waals surface area contributed by atoms with Crippen molar-refractivity contribution in [2.24, 2.45) is 5.92 Å². The van der Waals surface area contributed by atoms with E-state index in [1.165, 1.54) is 5.69 Å². The molecule has 0 amide bonds. The summed E-state index contributed by atoms with van der Waals surface area (Å²) < 4.78 is 5.36. The molecule has 1 aromatic rings. The maximum absolute atomic E-state index is 5.36. The van der Waals surface area contributed by atoms with Crippen LogP contribution >= 0.6 is 11.3 Å². The second-order valence-corrected chi connectivity index (χ2v) is 5.27. The highest BCUT2D eigenvalue weighted by atomic mass is 32.1. The van der Waals surface area contributed by atoms with Gasteiger partial charge in [-0.3, -0.25) is 0 Å². The van der Waals surface area contributed by atoms with Gasteiger partial charge in [0.15, 0.2) is 5.13 Å². The Hall–Kier alpha value is -0.610. The van der Waals surface area contributed by atoms with Crippen LogP contribution in [0, 0.1) is 5.92 Å². The van der Waals surface area contributed by atoms with Crippen molar-refractivity contribution in [1.29, 1.82) is 0 Å². The number of nitrogens with one attached hydrogen (secondary N) is 1. The lowest BCUT2D eigenvalue weighted by atomic mass is 10.1. The summed E-state index contributed by atoms with van der Waals surface area (Å²) in [5, 5.41) is 6.56. The normalized spacial score (nSPS) is 21.1. The first-order valence-corrected chi connectivity index (χ1v) is 6.40. The molecule has 1 saturated heterocycles. The maximum Gasteiger partial charge on any atom is 0.182 e. The first-order valence-electron chi connectivity index (χ1n) is 5.52. The van der Waals surface area contributed by atoms with Crippen LogP contribution < -0.4 is 5.32 Å². The number of aromatic nitrogens is 1. The Kier molecular flexibility index (Phi) is 3.59. The van der Waals surface area contributed by atoms with Crippen molar-refractivity contribution in [1.82, 2.24) is 4.98 Å². The molecule has 3 nitrogen and oxygen atoms in total. The molecule has 1 atom stereocenters. The van der Waals surface area contributed by atoms with Crippen LogP contribution in [-0.4, -0.2) is 24.7 Å². The molecule has 4 heteroatoms. The van der Waals surface area contributed by atoms with Gasteiger partial charge in [0, 0.05) is 24.4 Å². The van der Waals surface area contributed by atoms with Crippen LogP contribution in [0.1, 0.15) is 31.9 Å². The molecule has 2 heterocycles. The average molecular weight is 226 g/mol.